The summed E-state index contributed by atoms with van der Waals surface area (Å²) >= 11 is 1.60. The van der Waals surface area contributed by atoms with Crippen molar-refractivity contribution in [2.45, 2.75) is 17.7 Å². The molecule has 0 bridgehead atoms. The van der Waals surface area contributed by atoms with Gasteiger partial charge in [-0.05, 0) is 30.4 Å². The maximum absolute atomic E-state index is 11.7. The average Bonchev–Trinajstić information content (AvgIpc) is 2.40. The van der Waals surface area contributed by atoms with Crippen LogP contribution in [0.4, 0.5) is 10.5 Å². The van der Waals surface area contributed by atoms with Crippen molar-refractivity contribution < 1.29 is 14.7 Å². The fourth-order valence-electron chi connectivity index (χ4n) is 1.62. The predicted molar refractivity (Wildman–Crippen MR) is 62.4 cm³/mol. The van der Waals surface area contributed by atoms with Gasteiger partial charge in [0.15, 0.2) is 5.78 Å². The molecule has 2 rings (SSSR count). The molecule has 0 aromatic heterocycles. The molecule has 0 saturated carbocycles. The molecule has 0 unspecified atom stereocenters. The second-order valence-corrected chi connectivity index (χ2v) is 4.65. The maximum atomic E-state index is 11.7. The van der Waals surface area contributed by atoms with Crippen LogP contribution in [0.1, 0.15) is 23.2 Å². The van der Waals surface area contributed by atoms with Crippen molar-refractivity contribution in [2.75, 3.05) is 11.1 Å². The van der Waals surface area contributed by atoms with Crippen LogP contribution >= 0.6 is 11.8 Å². The Morgan fingerprint density at radius 3 is 3.00 bits per heavy atom. The van der Waals surface area contributed by atoms with Crippen LogP contribution in [0.25, 0.3) is 0 Å². The number of hydrogen-bond donors (Lipinski definition) is 2. The SMILES string of the molecule is O=C(O)Nc1ccc2c(c1)SCCCC2=O. The molecule has 1 aromatic rings. The monoisotopic (exact) mass is 237 g/mol. The Balaban J connectivity index is 2.33. The number of ketones is 1. The fourth-order valence-corrected chi connectivity index (χ4v) is 2.68. The number of nitrogens with one attached hydrogen (secondary N) is 1. The number of fused-ring (bicyclic) bond motifs is 1. The van der Waals surface area contributed by atoms with Crippen LogP contribution in [0.15, 0.2) is 23.1 Å². The van der Waals surface area contributed by atoms with Gasteiger partial charge < -0.3 is 5.11 Å². The minimum Gasteiger partial charge on any atom is -0.465 e. The van der Waals surface area contributed by atoms with E-state index in [9.17, 15) is 9.59 Å². The molecule has 0 aliphatic carbocycles. The minimum atomic E-state index is -1.09. The first kappa shape index (κ1) is 11.0. The quantitative estimate of drug-likeness (QED) is 0.788. The summed E-state index contributed by atoms with van der Waals surface area (Å²) < 4.78 is 0. The molecule has 0 fully saturated rings. The standard InChI is InChI=1S/C11H11NO3S/c13-9-2-1-5-16-10-6-7(12-11(14)15)3-4-8(9)10/h3-4,6,12H,1-2,5H2,(H,14,15). The number of anilines is 1. The molecule has 1 amide bonds. The zero-order chi connectivity index (χ0) is 11.5. The van der Waals surface area contributed by atoms with Gasteiger partial charge in [0.2, 0.25) is 0 Å². The van der Waals surface area contributed by atoms with Crippen molar-refractivity contribution in [2.24, 2.45) is 0 Å². The van der Waals surface area contributed by atoms with Crippen LogP contribution in [0.5, 0.6) is 0 Å². The Kier molecular flexibility index (Phi) is 3.14. The van der Waals surface area contributed by atoms with Crippen molar-refractivity contribution in [3.8, 4) is 0 Å². The molecule has 1 aliphatic heterocycles. The van der Waals surface area contributed by atoms with Crippen LogP contribution in [0.3, 0.4) is 0 Å². The van der Waals surface area contributed by atoms with Crippen molar-refractivity contribution in [1.29, 1.82) is 0 Å². The lowest BCUT2D eigenvalue weighted by Gasteiger charge is -2.06. The summed E-state index contributed by atoms with van der Waals surface area (Å²) in [7, 11) is 0. The summed E-state index contributed by atoms with van der Waals surface area (Å²) in [6, 6.07) is 5.04. The average molecular weight is 237 g/mol. The van der Waals surface area contributed by atoms with E-state index >= 15 is 0 Å². The second kappa shape index (κ2) is 4.57. The molecule has 16 heavy (non-hydrogen) atoms. The van der Waals surface area contributed by atoms with E-state index in [4.69, 9.17) is 5.11 Å². The van der Waals surface area contributed by atoms with E-state index in [1.165, 1.54) is 0 Å². The van der Waals surface area contributed by atoms with Gasteiger partial charge in [0.1, 0.15) is 0 Å². The molecule has 1 aromatic carbocycles. The molecule has 84 valence electrons. The summed E-state index contributed by atoms with van der Waals surface area (Å²) in [6.07, 6.45) is 0.357. The molecule has 0 spiro atoms. The second-order valence-electron chi connectivity index (χ2n) is 3.52. The van der Waals surface area contributed by atoms with E-state index in [-0.39, 0.29) is 5.78 Å². The molecule has 0 atom stereocenters. The Morgan fingerprint density at radius 2 is 2.25 bits per heavy atom. The molecule has 1 heterocycles. The Labute approximate surface area is 97.0 Å². The number of carbonyl (C=O) groups is 2. The van der Waals surface area contributed by atoms with Crippen molar-refractivity contribution in [3.63, 3.8) is 0 Å². The van der Waals surface area contributed by atoms with Gasteiger partial charge in [-0.25, -0.2) is 4.79 Å². The molecular formula is C11H11NO3S. The fraction of sp³-hybridized carbons (Fsp3) is 0.273. The van der Waals surface area contributed by atoms with Crippen LogP contribution < -0.4 is 5.32 Å². The van der Waals surface area contributed by atoms with Crippen LogP contribution in [0, 0.1) is 0 Å². The Bertz CT molecular complexity index is 445. The number of hydrogen-bond acceptors (Lipinski definition) is 3. The number of amides is 1. The van der Waals surface area contributed by atoms with Gasteiger partial charge in [-0.15, -0.1) is 11.8 Å². The highest BCUT2D eigenvalue weighted by Gasteiger charge is 2.16. The third-order valence-electron chi connectivity index (χ3n) is 2.34. The van der Waals surface area contributed by atoms with Crippen LogP contribution in [-0.2, 0) is 0 Å². The molecule has 0 radical (unpaired) electrons. The normalized spacial score (nSPS) is 15.1. The van der Waals surface area contributed by atoms with E-state index in [1.807, 2.05) is 0 Å². The number of benzene rings is 1. The highest BCUT2D eigenvalue weighted by Crippen LogP contribution is 2.31. The number of Topliss-reactive ketones (excluding diaryl/α,β-unsaturated/α-hetero) is 1. The van der Waals surface area contributed by atoms with Crippen molar-refractivity contribution in [1.82, 2.24) is 0 Å². The van der Waals surface area contributed by atoms with E-state index < -0.39 is 6.09 Å². The Hall–Kier alpha value is -1.49. The van der Waals surface area contributed by atoms with Crippen LogP contribution in [-0.4, -0.2) is 22.7 Å². The first-order chi connectivity index (χ1) is 7.66. The van der Waals surface area contributed by atoms with Crippen LogP contribution in [0.2, 0.25) is 0 Å². The zero-order valence-electron chi connectivity index (χ0n) is 8.53. The Morgan fingerprint density at radius 1 is 1.44 bits per heavy atom. The van der Waals surface area contributed by atoms with E-state index in [0.29, 0.717) is 17.7 Å². The van der Waals surface area contributed by atoms with Gasteiger partial charge in [-0.2, -0.15) is 0 Å². The van der Waals surface area contributed by atoms with Gasteiger partial charge in [0.05, 0.1) is 0 Å². The molecule has 0 saturated heterocycles. The van der Waals surface area contributed by atoms with Crippen molar-refractivity contribution in [3.05, 3.63) is 23.8 Å². The maximum Gasteiger partial charge on any atom is 0.409 e. The van der Waals surface area contributed by atoms with E-state index in [0.717, 1.165) is 17.1 Å². The third-order valence-corrected chi connectivity index (χ3v) is 3.48. The topological polar surface area (TPSA) is 66.4 Å². The molecule has 2 N–H and O–H groups in total. The summed E-state index contributed by atoms with van der Waals surface area (Å²) in [5.41, 5.74) is 1.21. The third kappa shape index (κ3) is 2.36. The highest BCUT2D eigenvalue weighted by molar-refractivity contribution is 7.99. The largest absolute Gasteiger partial charge is 0.465 e. The summed E-state index contributed by atoms with van der Waals surface area (Å²) in [5.74, 6) is 1.04. The molecule has 4 nitrogen and oxygen atoms in total. The summed E-state index contributed by atoms with van der Waals surface area (Å²) in [6.45, 7) is 0. The van der Waals surface area contributed by atoms with Crippen molar-refractivity contribution >= 4 is 29.3 Å². The van der Waals surface area contributed by atoms with Gasteiger partial charge in [0.25, 0.3) is 0 Å². The minimum absolute atomic E-state index is 0.141. The lowest BCUT2D eigenvalue weighted by atomic mass is 10.1. The van der Waals surface area contributed by atoms with Gasteiger partial charge in [0, 0.05) is 22.6 Å². The number of carbonyl (C=O) groups excluding carboxylic acids is 1. The highest BCUT2D eigenvalue weighted by atomic mass is 32.2. The predicted octanol–water partition coefficient (Wildman–Crippen LogP) is 2.85. The molecule has 5 heteroatoms. The lowest BCUT2D eigenvalue weighted by molar-refractivity contribution is 0.0980. The summed E-state index contributed by atoms with van der Waals surface area (Å²) in [4.78, 5) is 23.0. The smallest absolute Gasteiger partial charge is 0.409 e. The molecular weight excluding hydrogens is 226 g/mol. The number of carboxylic acid groups (broad SMARTS) is 1. The van der Waals surface area contributed by atoms with E-state index in [2.05, 4.69) is 5.32 Å². The van der Waals surface area contributed by atoms with E-state index in [1.54, 1.807) is 30.0 Å². The zero-order valence-corrected chi connectivity index (χ0v) is 9.34. The lowest BCUT2D eigenvalue weighted by Crippen LogP contribution is -2.08. The molecule has 1 aliphatic rings. The first-order valence-corrected chi connectivity index (χ1v) is 5.95. The van der Waals surface area contributed by atoms with Gasteiger partial charge in [-0.1, -0.05) is 0 Å². The van der Waals surface area contributed by atoms with Gasteiger partial charge in [-0.3, -0.25) is 10.1 Å². The number of thioether (sulfide) groups is 1. The number of rotatable bonds is 1. The van der Waals surface area contributed by atoms with Gasteiger partial charge >= 0.3 is 6.09 Å². The summed E-state index contributed by atoms with van der Waals surface area (Å²) in [5, 5.41) is 10.9. The first-order valence-electron chi connectivity index (χ1n) is 4.97.